The zero-order valence-corrected chi connectivity index (χ0v) is 33.7. The molecule has 0 saturated carbocycles. The van der Waals surface area contributed by atoms with E-state index in [4.69, 9.17) is 0 Å². The Bertz CT molecular complexity index is 1710. The quantitative estimate of drug-likeness (QED) is 0.143. The summed E-state index contributed by atoms with van der Waals surface area (Å²) in [5.41, 5.74) is 9.63. The van der Waals surface area contributed by atoms with Crippen molar-refractivity contribution >= 4 is 21.8 Å². The van der Waals surface area contributed by atoms with E-state index in [1.165, 1.54) is 38.5 Å². The van der Waals surface area contributed by atoms with Crippen LogP contribution in [0.3, 0.4) is 0 Å². The summed E-state index contributed by atoms with van der Waals surface area (Å²) in [4.78, 5) is 0. The van der Waals surface area contributed by atoms with Crippen LogP contribution in [-0.2, 0) is 42.1 Å². The number of rotatable bonds is 4. The molecule has 0 saturated heterocycles. The largest absolute Gasteiger partial charge is 0.507 e. The summed E-state index contributed by atoms with van der Waals surface area (Å²) < 4.78 is 2.39. The summed E-state index contributed by atoms with van der Waals surface area (Å²) in [5, 5.41) is 13.6. The minimum absolute atomic E-state index is 0. The smallest absolute Gasteiger partial charge is 0.123 e. The van der Waals surface area contributed by atoms with Crippen molar-refractivity contribution in [1.82, 2.24) is 4.57 Å². The van der Waals surface area contributed by atoms with Crippen LogP contribution in [0.2, 0.25) is 0 Å². The maximum absolute atomic E-state index is 11.1. The Labute approximate surface area is 293 Å². The van der Waals surface area contributed by atoms with Crippen LogP contribution in [0.15, 0.2) is 78.9 Å². The molecule has 1 N–H and O–H groups in total. The second-order valence-electron chi connectivity index (χ2n) is 16.2. The van der Waals surface area contributed by atoms with Crippen LogP contribution >= 0.6 is 0 Å². The van der Waals surface area contributed by atoms with E-state index in [9.17, 15) is 5.11 Å². The molecule has 0 spiro atoms. The molecule has 0 aliphatic carbocycles. The molecule has 0 aliphatic rings. The molecule has 0 atom stereocenters. The van der Waals surface area contributed by atoms with E-state index in [1.807, 2.05) is 6.07 Å². The van der Waals surface area contributed by atoms with E-state index >= 15 is 0 Å². The molecule has 240 valence electrons. The fourth-order valence-electron chi connectivity index (χ4n) is 6.66. The predicted octanol–water partition coefficient (Wildman–Crippen LogP) is 12.4. The molecule has 5 aromatic rings. The summed E-state index contributed by atoms with van der Waals surface area (Å²) >= 11 is 0. The van der Waals surface area contributed by atoms with Gasteiger partial charge in [0.15, 0.2) is 0 Å². The maximum Gasteiger partial charge on any atom is 0.123 e. The van der Waals surface area contributed by atoms with Crippen LogP contribution in [0.4, 0.5) is 0 Å². The number of aromatic hydroxyl groups is 1. The summed E-state index contributed by atoms with van der Waals surface area (Å²) in [7, 11) is 0. The number of benzene rings is 4. The standard InChI is InChI=1S/C40H49NO.2CH3.Hf/c1-37(2,3)25-40(10,11)29-17-20-36(42)31(24-29)26-13-12-14-30(21-26)41-34-18-15-27(38(4,5)6)22-32(34)33-23-28(39(7,8)9)16-19-35(33)41;;;/h12-24,42H,25H2,1-11H3;2*1H3;/q;2*-1;. The van der Waals surface area contributed by atoms with Crippen molar-refractivity contribution in [2.75, 3.05) is 0 Å². The van der Waals surface area contributed by atoms with Gasteiger partial charge in [0, 0.05) is 47.9 Å². The molecule has 45 heavy (non-hydrogen) atoms. The monoisotopic (exact) mass is 769 g/mol. The number of fused-ring (bicyclic) bond motifs is 3. The van der Waals surface area contributed by atoms with Gasteiger partial charge in [0.1, 0.15) is 5.75 Å². The van der Waals surface area contributed by atoms with Crippen molar-refractivity contribution in [3.8, 4) is 22.6 Å². The van der Waals surface area contributed by atoms with Gasteiger partial charge in [-0.05, 0) is 98.9 Å². The number of nitrogens with zero attached hydrogens (tertiary/aromatic N) is 1. The summed E-state index contributed by atoms with van der Waals surface area (Å²) in [6.45, 7) is 25.2. The molecular weight excluding hydrogens is 713 g/mol. The molecule has 2 nitrogen and oxygen atoms in total. The van der Waals surface area contributed by atoms with E-state index < -0.39 is 0 Å². The fourth-order valence-corrected chi connectivity index (χ4v) is 6.66. The first-order valence-corrected chi connectivity index (χ1v) is 15.4. The average molecular weight is 768 g/mol. The van der Waals surface area contributed by atoms with Gasteiger partial charge in [-0.25, -0.2) is 0 Å². The molecule has 0 unspecified atom stereocenters. The van der Waals surface area contributed by atoms with Crippen LogP contribution in [0.5, 0.6) is 5.75 Å². The Hall–Kier alpha value is -2.65. The van der Waals surface area contributed by atoms with E-state index in [-0.39, 0.29) is 62.4 Å². The number of hydrogen-bond donors (Lipinski definition) is 1. The third-order valence-electron chi connectivity index (χ3n) is 8.66. The Morgan fingerprint density at radius 1 is 0.578 bits per heavy atom. The number of phenols is 1. The van der Waals surface area contributed by atoms with Crippen molar-refractivity contribution in [2.24, 2.45) is 5.41 Å². The molecule has 0 radical (unpaired) electrons. The maximum atomic E-state index is 11.1. The van der Waals surface area contributed by atoms with Crippen molar-refractivity contribution < 1.29 is 30.9 Å². The molecule has 0 aliphatic heterocycles. The van der Waals surface area contributed by atoms with E-state index in [0.717, 1.165) is 23.2 Å². The third-order valence-corrected chi connectivity index (χ3v) is 8.66. The molecule has 5 rings (SSSR count). The summed E-state index contributed by atoms with van der Waals surface area (Å²) in [6, 6.07) is 28.7. The van der Waals surface area contributed by atoms with E-state index in [2.05, 4.69) is 154 Å². The first kappa shape index (κ1) is 38.5. The summed E-state index contributed by atoms with van der Waals surface area (Å²) in [5.74, 6) is 0.314. The first-order chi connectivity index (χ1) is 19.3. The summed E-state index contributed by atoms with van der Waals surface area (Å²) in [6.07, 6.45) is 1.05. The molecule has 3 heteroatoms. The molecule has 0 bridgehead atoms. The van der Waals surface area contributed by atoms with Gasteiger partial charge in [0.2, 0.25) is 0 Å². The second-order valence-corrected chi connectivity index (χ2v) is 16.2. The van der Waals surface area contributed by atoms with Gasteiger partial charge >= 0.3 is 0 Å². The van der Waals surface area contributed by atoms with Crippen LogP contribution in [0.1, 0.15) is 99.3 Å². The Morgan fingerprint density at radius 3 is 1.53 bits per heavy atom. The Morgan fingerprint density at radius 2 is 1.07 bits per heavy atom. The molecule has 1 heterocycles. The minimum Gasteiger partial charge on any atom is -0.507 e. The van der Waals surface area contributed by atoms with Crippen LogP contribution < -0.4 is 0 Å². The molecule has 4 aromatic carbocycles. The topological polar surface area (TPSA) is 25.2 Å². The first-order valence-electron chi connectivity index (χ1n) is 15.4. The number of aromatic nitrogens is 1. The Balaban J connectivity index is 0.00000235. The molecular formula is C42H55HfNO-2. The minimum atomic E-state index is -0.0132. The number of hydrogen-bond acceptors (Lipinski definition) is 1. The van der Waals surface area contributed by atoms with E-state index in [0.29, 0.717) is 5.75 Å². The van der Waals surface area contributed by atoms with E-state index in [1.54, 1.807) is 0 Å². The van der Waals surface area contributed by atoms with Gasteiger partial charge in [0.25, 0.3) is 0 Å². The van der Waals surface area contributed by atoms with Crippen molar-refractivity contribution in [3.05, 3.63) is 110 Å². The van der Waals surface area contributed by atoms with Crippen molar-refractivity contribution in [2.45, 2.75) is 98.8 Å². The molecule has 0 amide bonds. The second kappa shape index (κ2) is 13.2. The zero-order valence-electron chi connectivity index (χ0n) is 30.1. The van der Waals surface area contributed by atoms with Gasteiger partial charge in [-0.1, -0.05) is 106 Å². The SMILES string of the molecule is CC(C)(C)CC(C)(C)c1ccc(O)c(-c2cccc(-n3c4ccc(C(C)(C)C)cc4c4cc(C(C)(C)C)ccc43)c2)c1.[CH3-].[CH3-].[Hf]. The van der Waals surface area contributed by atoms with Crippen LogP contribution in [-0.4, -0.2) is 9.67 Å². The normalized spacial score (nSPS) is 12.4. The van der Waals surface area contributed by atoms with Crippen molar-refractivity contribution in [3.63, 3.8) is 0 Å². The fraction of sp³-hybridized carbons (Fsp3) is 0.381. The van der Waals surface area contributed by atoms with Crippen LogP contribution in [0.25, 0.3) is 38.6 Å². The van der Waals surface area contributed by atoms with Crippen molar-refractivity contribution in [1.29, 1.82) is 0 Å². The average Bonchev–Trinajstić information content (AvgIpc) is 3.19. The third kappa shape index (κ3) is 7.84. The predicted molar refractivity (Wildman–Crippen MR) is 195 cm³/mol. The number of phenolic OH excluding ortho intramolecular Hbond substituents is 1. The molecule has 1 aromatic heterocycles. The van der Waals surface area contributed by atoms with Gasteiger partial charge in [-0.3, -0.25) is 0 Å². The van der Waals surface area contributed by atoms with Gasteiger partial charge in [-0.15, -0.1) is 0 Å². The van der Waals surface area contributed by atoms with Gasteiger partial charge < -0.3 is 24.5 Å². The Kier molecular flexibility index (Phi) is 11.3. The van der Waals surface area contributed by atoms with Crippen LogP contribution in [0, 0.1) is 20.3 Å². The van der Waals surface area contributed by atoms with Gasteiger partial charge in [0.05, 0.1) is 11.0 Å². The zero-order chi connectivity index (χ0) is 30.8. The molecule has 0 fully saturated rings. The van der Waals surface area contributed by atoms with Gasteiger partial charge in [-0.2, -0.15) is 0 Å².